The molecule has 2 aromatic heterocycles. The Morgan fingerprint density at radius 1 is 1.31 bits per heavy atom. The summed E-state index contributed by atoms with van der Waals surface area (Å²) in [7, 11) is 0. The Morgan fingerprint density at radius 2 is 2.06 bits per heavy atom. The van der Waals surface area contributed by atoms with Gasteiger partial charge in [-0.05, 0) is 32.8 Å². The number of aryl methyl sites for hydroxylation is 1. The SMILES string of the molecule is C.Cc1nc(N2CCC3(CC2)CO[C@@H](C)[C@H]3N)c(CO)nc1Sc1ccnc(NC2COC2)c1Cl. The van der Waals surface area contributed by atoms with Crippen LogP contribution in [0.5, 0.6) is 0 Å². The van der Waals surface area contributed by atoms with E-state index in [0.717, 1.165) is 42.3 Å². The van der Waals surface area contributed by atoms with Gasteiger partial charge in [-0.1, -0.05) is 30.8 Å². The fourth-order valence-corrected chi connectivity index (χ4v) is 5.99. The van der Waals surface area contributed by atoms with Crippen molar-refractivity contribution in [2.24, 2.45) is 11.1 Å². The maximum Gasteiger partial charge on any atom is 0.153 e. The van der Waals surface area contributed by atoms with Crippen LogP contribution in [0.15, 0.2) is 22.2 Å². The van der Waals surface area contributed by atoms with Crippen LogP contribution < -0.4 is 16.0 Å². The monoisotopic (exact) mass is 522 g/mol. The molecule has 3 aliphatic rings. The smallest absolute Gasteiger partial charge is 0.153 e. The van der Waals surface area contributed by atoms with E-state index in [1.165, 1.54) is 11.8 Å². The molecule has 0 radical (unpaired) electrons. The van der Waals surface area contributed by atoms with Gasteiger partial charge in [0.05, 0.1) is 49.3 Å². The molecule has 0 unspecified atom stereocenters. The first-order valence-electron chi connectivity index (χ1n) is 11.7. The van der Waals surface area contributed by atoms with Gasteiger partial charge in [0.1, 0.15) is 16.5 Å². The molecule has 0 amide bonds. The van der Waals surface area contributed by atoms with Crippen LogP contribution in [0.2, 0.25) is 5.02 Å². The second-order valence-corrected chi connectivity index (χ2v) is 10.8. The van der Waals surface area contributed by atoms with E-state index in [4.69, 9.17) is 36.8 Å². The molecule has 192 valence electrons. The van der Waals surface area contributed by atoms with E-state index < -0.39 is 0 Å². The van der Waals surface area contributed by atoms with Gasteiger partial charge in [-0.15, -0.1) is 0 Å². The number of anilines is 2. The predicted molar refractivity (Wildman–Crippen MR) is 138 cm³/mol. The molecule has 2 atom stereocenters. The average molecular weight is 523 g/mol. The molecule has 3 aliphatic heterocycles. The van der Waals surface area contributed by atoms with Crippen molar-refractivity contribution < 1.29 is 14.6 Å². The number of nitrogens with one attached hydrogen (secondary N) is 1. The van der Waals surface area contributed by atoms with Gasteiger partial charge in [0, 0.05) is 35.6 Å². The van der Waals surface area contributed by atoms with Crippen molar-refractivity contribution in [2.75, 3.05) is 43.1 Å². The summed E-state index contributed by atoms with van der Waals surface area (Å²) in [6.07, 6.45) is 3.70. The van der Waals surface area contributed by atoms with Crippen LogP contribution in [0, 0.1) is 12.3 Å². The van der Waals surface area contributed by atoms with Crippen molar-refractivity contribution in [3.63, 3.8) is 0 Å². The molecule has 9 nitrogen and oxygen atoms in total. The normalized spacial score (nSPS) is 23.7. The zero-order valence-electron chi connectivity index (χ0n) is 19.5. The summed E-state index contributed by atoms with van der Waals surface area (Å²) in [6, 6.07) is 2.14. The number of aliphatic hydroxyl groups excluding tert-OH is 1. The average Bonchev–Trinajstić information content (AvgIpc) is 3.08. The predicted octanol–water partition coefficient (Wildman–Crippen LogP) is 3.26. The quantitative estimate of drug-likeness (QED) is 0.521. The summed E-state index contributed by atoms with van der Waals surface area (Å²) in [5.74, 6) is 1.38. The van der Waals surface area contributed by atoms with Gasteiger partial charge in [0.2, 0.25) is 0 Å². The van der Waals surface area contributed by atoms with Crippen LogP contribution >= 0.6 is 23.4 Å². The van der Waals surface area contributed by atoms with Crippen molar-refractivity contribution >= 4 is 35.0 Å². The number of piperidine rings is 1. The number of ether oxygens (including phenoxy) is 2. The lowest BCUT2D eigenvalue weighted by molar-refractivity contribution is 0.0209. The van der Waals surface area contributed by atoms with Crippen LogP contribution in [-0.2, 0) is 16.1 Å². The Morgan fingerprint density at radius 3 is 2.66 bits per heavy atom. The molecule has 4 N–H and O–H groups in total. The first-order chi connectivity index (χ1) is 16.4. The molecule has 3 saturated heterocycles. The number of nitrogens with two attached hydrogens (primary N) is 1. The third-order valence-corrected chi connectivity index (χ3v) is 8.81. The Labute approximate surface area is 216 Å². The summed E-state index contributed by atoms with van der Waals surface area (Å²) >= 11 is 8.06. The van der Waals surface area contributed by atoms with E-state index >= 15 is 0 Å². The molecule has 3 fully saturated rings. The molecule has 35 heavy (non-hydrogen) atoms. The highest BCUT2D eigenvalue weighted by molar-refractivity contribution is 7.99. The molecule has 1 spiro atoms. The molecular formula is C24H35ClN6O3S. The Balaban J connectivity index is 0.00000289. The molecule has 0 aromatic carbocycles. The van der Waals surface area contributed by atoms with Gasteiger partial charge in [0.25, 0.3) is 0 Å². The maximum absolute atomic E-state index is 10.1. The molecular weight excluding hydrogens is 488 g/mol. The van der Waals surface area contributed by atoms with Crippen LogP contribution in [0.25, 0.3) is 0 Å². The summed E-state index contributed by atoms with van der Waals surface area (Å²) in [5, 5.41) is 14.7. The van der Waals surface area contributed by atoms with Crippen molar-refractivity contribution in [2.45, 2.75) is 68.8 Å². The lowest BCUT2D eigenvalue weighted by Crippen LogP contribution is -2.51. The van der Waals surface area contributed by atoms with Gasteiger partial charge in [-0.25, -0.2) is 15.0 Å². The molecule has 0 bridgehead atoms. The van der Waals surface area contributed by atoms with Crippen LogP contribution in [0.1, 0.15) is 38.6 Å². The highest BCUT2D eigenvalue weighted by Crippen LogP contribution is 2.43. The molecule has 5 heterocycles. The third-order valence-electron chi connectivity index (χ3n) is 7.17. The fraction of sp³-hybridized carbons (Fsp3) is 0.625. The summed E-state index contributed by atoms with van der Waals surface area (Å²) < 4.78 is 11.1. The minimum atomic E-state index is -0.184. The zero-order valence-corrected chi connectivity index (χ0v) is 21.0. The largest absolute Gasteiger partial charge is 0.390 e. The number of hydrogen-bond donors (Lipinski definition) is 3. The zero-order chi connectivity index (χ0) is 23.9. The lowest BCUT2D eigenvalue weighted by atomic mass is 9.73. The summed E-state index contributed by atoms with van der Waals surface area (Å²) in [4.78, 5) is 17.0. The minimum Gasteiger partial charge on any atom is -0.390 e. The molecule has 11 heteroatoms. The van der Waals surface area contributed by atoms with Gasteiger partial charge in [-0.3, -0.25) is 0 Å². The second kappa shape index (κ2) is 10.7. The van der Waals surface area contributed by atoms with E-state index in [1.54, 1.807) is 6.20 Å². The third kappa shape index (κ3) is 5.10. The number of aromatic nitrogens is 3. The number of nitrogens with zero attached hydrogens (tertiary/aromatic N) is 4. The van der Waals surface area contributed by atoms with E-state index in [0.29, 0.717) is 41.4 Å². The molecule has 0 aliphatic carbocycles. The van der Waals surface area contributed by atoms with Gasteiger partial charge in [0.15, 0.2) is 5.82 Å². The molecule has 0 saturated carbocycles. The first-order valence-corrected chi connectivity index (χ1v) is 12.9. The van der Waals surface area contributed by atoms with E-state index in [-0.39, 0.29) is 37.6 Å². The first kappa shape index (κ1) is 26.4. The lowest BCUT2D eigenvalue weighted by Gasteiger charge is -2.42. The van der Waals surface area contributed by atoms with Gasteiger partial charge in [-0.2, -0.15) is 0 Å². The molecule has 2 aromatic rings. The Kier molecular flexibility index (Phi) is 8.09. The maximum atomic E-state index is 10.1. The minimum absolute atomic E-state index is 0. The second-order valence-electron chi connectivity index (χ2n) is 9.39. The summed E-state index contributed by atoms with van der Waals surface area (Å²) in [5.41, 5.74) is 7.86. The fourth-order valence-electron chi connectivity index (χ4n) is 4.84. The van der Waals surface area contributed by atoms with Gasteiger partial charge >= 0.3 is 0 Å². The van der Waals surface area contributed by atoms with Crippen molar-refractivity contribution in [3.05, 3.63) is 28.7 Å². The summed E-state index contributed by atoms with van der Waals surface area (Å²) in [6.45, 7) is 7.45. The number of rotatable bonds is 6. The van der Waals surface area contributed by atoms with E-state index in [9.17, 15) is 5.11 Å². The number of halogens is 1. The standard InChI is InChI=1S/C23H31ClN6O3S.CH4/c1-13-22(34-17-3-6-26-20(18(17)24)28-15-10-32-11-15)29-16(9-31)21(27-13)30-7-4-23(5-8-30)12-33-14(2)19(23)25;/h3,6,14-15,19,31H,4-5,7-12,25H2,1-2H3,(H,26,28);1H4/t14-,19+;/m0./s1. The number of hydrogen-bond acceptors (Lipinski definition) is 10. The molecule has 5 rings (SSSR count). The van der Waals surface area contributed by atoms with Crippen LogP contribution in [0.4, 0.5) is 11.6 Å². The Hall–Kier alpha value is -1.69. The van der Waals surface area contributed by atoms with Crippen LogP contribution in [0.3, 0.4) is 0 Å². The highest BCUT2D eigenvalue weighted by atomic mass is 35.5. The number of pyridine rings is 1. The van der Waals surface area contributed by atoms with Crippen molar-refractivity contribution in [1.29, 1.82) is 0 Å². The highest BCUT2D eigenvalue weighted by Gasteiger charge is 2.47. The van der Waals surface area contributed by atoms with Gasteiger partial charge < -0.3 is 30.5 Å². The topological polar surface area (TPSA) is 119 Å². The van der Waals surface area contributed by atoms with Crippen LogP contribution in [-0.4, -0.2) is 71.2 Å². The Bertz CT molecular complexity index is 1050. The number of aliphatic hydroxyl groups is 1. The van der Waals surface area contributed by atoms with Crippen molar-refractivity contribution in [3.8, 4) is 0 Å². The van der Waals surface area contributed by atoms with E-state index in [1.807, 2.05) is 13.0 Å². The van der Waals surface area contributed by atoms with E-state index in [2.05, 4.69) is 22.1 Å². The van der Waals surface area contributed by atoms with Crippen molar-refractivity contribution in [1.82, 2.24) is 15.0 Å².